The molecule has 5 heteroatoms. The molecule has 3 heterocycles. The van der Waals surface area contributed by atoms with E-state index in [2.05, 4.69) is 93.5 Å². The van der Waals surface area contributed by atoms with Crippen molar-refractivity contribution >= 4 is 34.4 Å². The average Bonchev–Trinajstić information content (AvgIpc) is 3.24. The molecule has 3 aromatic rings. The molecule has 1 fully saturated rings. The highest BCUT2D eigenvalue weighted by Crippen LogP contribution is 2.46. The van der Waals surface area contributed by atoms with E-state index in [4.69, 9.17) is 0 Å². The lowest BCUT2D eigenvalue weighted by atomic mass is 10.1. The third kappa shape index (κ3) is 5.32. The van der Waals surface area contributed by atoms with Crippen molar-refractivity contribution in [2.45, 2.75) is 44.0 Å². The largest absolute Gasteiger partial charge is 0.335 e. The fourth-order valence-electron chi connectivity index (χ4n) is 5.13. The molecule has 178 valence electrons. The second-order valence-electron chi connectivity index (χ2n) is 9.28. The van der Waals surface area contributed by atoms with Gasteiger partial charge in [-0.1, -0.05) is 48.9 Å². The number of aryl methyl sites for hydroxylation is 1. The standard InChI is InChI=1S/C29H37N4S/c1-2-32-20-15-24(25-11-5-6-12-26(25)32)23-29-33(27-13-7-8-14-28(27)34-29)19-10-4-3-9-18-31-21-16-30-17-22-31/h5-8,11-15,20,23,30H,2-4,9-10,16-19,21-22H2,1H3/q+1. The normalized spacial score (nSPS) is 17.6. The number of unbranched alkanes of at least 4 members (excludes halogenated alkanes) is 3. The van der Waals surface area contributed by atoms with Crippen molar-refractivity contribution in [1.29, 1.82) is 0 Å². The fraction of sp³-hybridized carbons (Fsp3) is 0.414. The lowest BCUT2D eigenvalue weighted by Crippen LogP contribution is -2.43. The number of anilines is 1. The number of para-hydroxylation sites is 2. The van der Waals surface area contributed by atoms with Crippen molar-refractivity contribution < 1.29 is 4.57 Å². The van der Waals surface area contributed by atoms with Crippen LogP contribution in [0.25, 0.3) is 17.0 Å². The minimum absolute atomic E-state index is 0.984. The van der Waals surface area contributed by atoms with E-state index in [1.165, 1.54) is 77.4 Å². The van der Waals surface area contributed by atoms with Crippen molar-refractivity contribution in [3.05, 3.63) is 71.4 Å². The molecule has 1 aromatic heterocycles. The highest BCUT2D eigenvalue weighted by atomic mass is 32.2. The predicted molar refractivity (Wildman–Crippen MR) is 145 cm³/mol. The molecule has 2 aromatic carbocycles. The van der Waals surface area contributed by atoms with E-state index < -0.39 is 0 Å². The number of aromatic nitrogens is 1. The molecule has 0 atom stereocenters. The third-order valence-corrected chi connectivity index (χ3v) is 8.14. The monoisotopic (exact) mass is 473 g/mol. The van der Waals surface area contributed by atoms with Gasteiger partial charge in [-0.05, 0) is 56.1 Å². The van der Waals surface area contributed by atoms with Crippen molar-refractivity contribution in [3.8, 4) is 0 Å². The van der Waals surface area contributed by atoms with Crippen LogP contribution in [0.15, 0.2) is 70.7 Å². The first-order chi connectivity index (χ1) is 16.8. The molecular weight excluding hydrogens is 436 g/mol. The van der Waals surface area contributed by atoms with E-state index in [9.17, 15) is 0 Å². The number of hydrogen-bond acceptors (Lipinski definition) is 4. The Morgan fingerprint density at radius 1 is 0.912 bits per heavy atom. The molecule has 1 N–H and O–H groups in total. The van der Waals surface area contributed by atoms with E-state index in [0.717, 1.165) is 26.2 Å². The number of nitrogens with zero attached hydrogens (tertiary/aromatic N) is 3. The van der Waals surface area contributed by atoms with Crippen molar-refractivity contribution in [3.63, 3.8) is 0 Å². The van der Waals surface area contributed by atoms with Crippen LogP contribution in [0.5, 0.6) is 0 Å². The first-order valence-corrected chi connectivity index (χ1v) is 13.8. The summed E-state index contributed by atoms with van der Waals surface area (Å²) in [5, 5.41) is 6.12. The molecule has 0 bridgehead atoms. The van der Waals surface area contributed by atoms with Crippen molar-refractivity contribution in [2.75, 3.05) is 44.2 Å². The summed E-state index contributed by atoms with van der Waals surface area (Å²) >= 11 is 1.91. The molecule has 0 amide bonds. The van der Waals surface area contributed by atoms with Crippen LogP contribution in [-0.4, -0.2) is 44.2 Å². The highest BCUT2D eigenvalue weighted by Gasteiger charge is 2.25. The Morgan fingerprint density at radius 2 is 1.68 bits per heavy atom. The Bertz CT molecular complexity index is 1140. The van der Waals surface area contributed by atoms with Crippen LogP contribution in [0.4, 0.5) is 5.69 Å². The van der Waals surface area contributed by atoms with Crippen LogP contribution >= 0.6 is 11.8 Å². The van der Waals surface area contributed by atoms with Crippen molar-refractivity contribution in [1.82, 2.24) is 10.2 Å². The van der Waals surface area contributed by atoms with Crippen LogP contribution in [0.1, 0.15) is 38.2 Å². The van der Waals surface area contributed by atoms with E-state index in [-0.39, 0.29) is 0 Å². The third-order valence-electron chi connectivity index (χ3n) is 7.03. The number of piperazine rings is 1. The van der Waals surface area contributed by atoms with Gasteiger partial charge in [0.15, 0.2) is 6.20 Å². The summed E-state index contributed by atoms with van der Waals surface area (Å²) in [6.45, 7) is 10.3. The van der Waals surface area contributed by atoms with Crippen LogP contribution in [0.3, 0.4) is 0 Å². The Balaban J connectivity index is 1.27. The van der Waals surface area contributed by atoms with E-state index in [0.29, 0.717) is 0 Å². The number of hydrogen-bond donors (Lipinski definition) is 1. The Labute approximate surface area is 208 Å². The Morgan fingerprint density at radius 3 is 2.53 bits per heavy atom. The average molecular weight is 474 g/mol. The number of rotatable bonds is 9. The van der Waals surface area contributed by atoms with Gasteiger partial charge in [0.1, 0.15) is 6.54 Å². The molecule has 0 unspecified atom stereocenters. The summed E-state index contributed by atoms with van der Waals surface area (Å²) in [4.78, 5) is 6.53. The molecule has 1 saturated heterocycles. The second-order valence-corrected chi connectivity index (χ2v) is 10.3. The second kappa shape index (κ2) is 11.4. The van der Waals surface area contributed by atoms with Gasteiger partial charge in [0.2, 0.25) is 5.52 Å². The molecule has 2 aliphatic heterocycles. The van der Waals surface area contributed by atoms with Crippen LogP contribution in [0.2, 0.25) is 0 Å². The van der Waals surface area contributed by atoms with Gasteiger partial charge in [0.05, 0.1) is 16.1 Å². The maximum atomic E-state index is 3.45. The van der Waals surface area contributed by atoms with Crippen LogP contribution in [-0.2, 0) is 6.54 Å². The van der Waals surface area contributed by atoms with Gasteiger partial charge in [0.25, 0.3) is 0 Å². The summed E-state index contributed by atoms with van der Waals surface area (Å²) in [5.74, 6) is 0. The van der Waals surface area contributed by atoms with Gasteiger partial charge >= 0.3 is 0 Å². The summed E-state index contributed by atoms with van der Waals surface area (Å²) < 4.78 is 2.33. The molecule has 5 rings (SSSR count). The Kier molecular flexibility index (Phi) is 7.84. The highest BCUT2D eigenvalue weighted by molar-refractivity contribution is 8.03. The topological polar surface area (TPSA) is 22.4 Å². The van der Waals surface area contributed by atoms with Gasteiger partial charge < -0.3 is 15.1 Å². The fourth-order valence-corrected chi connectivity index (χ4v) is 6.27. The molecule has 0 saturated carbocycles. The summed E-state index contributed by atoms with van der Waals surface area (Å²) in [6, 6.07) is 19.9. The lowest BCUT2D eigenvalue weighted by Gasteiger charge is -2.27. The smallest absolute Gasteiger partial charge is 0.213 e. The zero-order valence-corrected chi connectivity index (χ0v) is 21.2. The van der Waals surface area contributed by atoms with Gasteiger partial charge in [0, 0.05) is 49.8 Å². The van der Waals surface area contributed by atoms with Crippen molar-refractivity contribution in [2.24, 2.45) is 0 Å². The Hall–Kier alpha value is -2.34. The maximum Gasteiger partial charge on any atom is 0.213 e. The minimum atomic E-state index is 0.984. The first-order valence-electron chi connectivity index (χ1n) is 12.9. The minimum Gasteiger partial charge on any atom is -0.335 e. The summed E-state index contributed by atoms with van der Waals surface area (Å²) in [7, 11) is 0. The van der Waals surface area contributed by atoms with Crippen LogP contribution < -0.4 is 14.8 Å². The zero-order valence-electron chi connectivity index (χ0n) is 20.4. The number of fused-ring (bicyclic) bond motifs is 2. The number of benzene rings is 2. The number of pyridine rings is 1. The predicted octanol–water partition coefficient (Wildman–Crippen LogP) is 5.52. The first kappa shape index (κ1) is 23.4. The number of nitrogens with one attached hydrogen (secondary N) is 1. The van der Waals surface area contributed by atoms with Gasteiger partial charge in [-0.2, -0.15) is 4.57 Å². The van der Waals surface area contributed by atoms with Gasteiger partial charge in [-0.3, -0.25) is 0 Å². The van der Waals surface area contributed by atoms with E-state index in [1.807, 2.05) is 11.8 Å². The molecule has 0 radical (unpaired) electrons. The maximum absolute atomic E-state index is 3.45. The molecule has 4 nitrogen and oxygen atoms in total. The zero-order chi connectivity index (χ0) is 23.2. The quantitative estimate of drug-likeness (QED) is 0.326. The molecule has 0 aliphatic carbocycles. The van der Waals surface area contributed by atoms with Gasteiger partial charge in [-0.15, -0.1) is 0 Å². The van der Waals surface area contributed by atoms with Crippen LogP contribution in [0, 0.1) is 0 Å². The summed E-state index contributed by atoms with van der Waals surface area (Å²) in [6.07, 6.45) is 9.81. The van der Waals surface area contributed by atoms with Gasteiger partial charge in [-0.25, -0.2) is 0 Å². The molecule has 34 heavy (non-hydrogen) atoms. The number of thioether (sulfide) groups is 1. The van der Waals surface area contributed by atoms with E-state index >= 15 is 0 Å². The van der Waals surface area contributed by atoms with E-state index in [1.54, 1.807) is 0 Å². The summed E-state index contributed by atoms with van der Waals surface area (Å²) in [5.41, 5.74) is 3.97. The lowest BCUT2D eigenvalue weighted by molar-refractivity contribution is -0.667. The molecule has 0 spiro atoms. The molecular formula is C29H37N4S+. The SMILES string of the molecule is CC[n+]1ccc(/C=C2\Sc3ccccc3N2CCCCCCN2CCNCC2)c2ccccc21. The molecule has 2 aliphatic rings.